The van der Waals surface area contributed by atoms with Gasteiger partial charge in [0.2, 0.25) is 0 Å². The largest absolute Gasteiger partial charge is 0.497 e. The summed E-state index contributed by atoms with van der Waals surface area (Å²) in [6.07, 6.45) is 3.05. The first-order valence-electron chi connectivity index (χ1n) is 5.32. The third kappa shape index (κ3) is 2.19. The van der Waals surface area contributed by atoms with Gasteiger partial charge < -0.3 is 14.6 Å². The lowest BCUT2D eigenvalue weighted by molar-refractivity contribution is 0.281. The molecule has 3 nitrogen and oxygen atoms in total. The predicted molar refractivity (Wildman–Crippen MR) is 62.7 cm³/mol. The fourth-order valence-electron chi connectivity index (χ4n) is 1.74. The number of benzene rings is 1. The predicted octanol–water partition coefficient (Wildman–Crippen LogP) is 2.10. The number of aliphatic hydroxyl groups is 1. The molecule has 1 aliphatic carbocycles. The van der Waals surface area contributed by atoms with Crippen molar-refractivity contribution in [3.63, 3.8) is 0 Å². The van der Waals surface area contributed by atoms with Gasteiger partial charge in [-0.3, -0.25) is 0 Å². The van der Waals surface area contributed by atoms with Crippen LogP contribution in [0.15, 0.2) is 23.8 Å². The molecule has 1 aromatic rings. The monoisotopic (exact) mass is 220 g/mol. The minimum Gasteiger partial charge on any atom is -0.497 e. The quantitative estimate of drug-likeness (QED) is 0.844. The van der Waals surface area contributed by atoms with Gasteiger partial charge in [-0.05, 0) is 24.6 Å². The van der Waals surface area contributed by atoms with Crippen LogP contribution in [-0.4, -0.2) is 25.9 Å². The van der Waals surface area contributed by atoms with Gasteiger partial charge in [-0.1, -0.05) is 11.6 Å². The van der Waals surface area contributed by atoms with Crippen molar-refractivity contribution in [2.45, 2.75) is 6.42 Å². The first-order valence-corrected chi connectivity index (χ1v) is 5.32. The summed E-state index contributed by atoms with van der Waals surface area (Å²) in [5, 5.41) is 8.98. The van der Waals surface area contributed by atoms with Crippen molar-refractivity contribution in [3.05, 3.63) is 29.3 Å². The first kappa shape index (κ1) is 11.0. The van der Waals surface area contributed by atoms with Crippen LogP contribution in [0.1, 0.15) is 12.0 Å². The normalized spacial score (nSPS) is 20.9. The van der Waals surface area contributed by atoms with E-state index < -0.39 is 0 Å². The molecule has 0 bridgehead atoms. The molecule has 1 N–H and O–H groups in total. The Hall–Kier alpha value is -1.48. The Kier molecular flexibility index (Phi) is 3.15. The molecule has 1 atom stereocenters. The zero-order valence-electron chi connectivity index (χ0n) is 9.56. The molecule has 0 spiro atoms. The number of rotatable bonds is 4. The number of aliphatic hydroxyl groups excluding tert-OH is 1. The summed E-state index contributed by atoms with van der Waals surface area (Å²) in [5.74, 6) is 1.99. The van der Waals surface area contributed by atoms with Gasteiger partial charge in [-0.15, -0.1) is 0 Å². The van der Waals surface area contributed by atoms with Crippen LogP contribution in [0.25, 0.3) is 6.08 Å². The highest BCUT2D eigenvalue weighted by Crippen LogP contribution is 2.40. The van der Waals surface area contributed by atoms with Crippen LogP contribution in [0.4, 0.5) is 0 Å². The molecule has 16 heavy (non-hydrogen) atoms. The van der Waals surface area contributed by atoms with Crippen LogP contribution in [0.2, 0.25) is 0 Å². The van der Waals surface area contributed by atoms with Crippen molar-refractivity contribution in [1.29, 1.82) is 0 Å². The SMILES string of the molecule is COc1ccc(OC)c(/C=C2\CC2CO)c1. The molecular weight excluding hydrogens is 204 g/mol. The van der Waals surface area contributed by atoms with Crippen LogP contribution in [0.3, 0.4) is 0 Å². The molecule has 0 saturated heterocycles. The Morgan fingerprint density at radius 1 is 1.38 bits per heavy atom. The van der Waals surface area contributed by atoms with Crippen molar-refractivity contribution in [3.8, 4) is 11.5 Å². The Bertz CT molecular complexity index is 410. The molecule has 1 aromatic carbocycles. The summed E-state index contributed by atoms with van der Waals surface area (Å²) >= 11 is 0. The second-order valence-electron chi connectivity index (χ2n) is 3.91. The number of hydrogen-bond donors (Lipinski definition) is 1. The van der Waals surface area contributed by atoms with Gasteiger partial charge in [0.15, 0.2) is 0 Å². The lowest BCUT2D eigenvalue weighted by Crippen LogP contribution is -1.89. The molecule has 0 amide bonds. The van der Waals surface area contributed by atoms with Gasteiger partial charge >= 0.3 is 0 Å². The molecule has 1 fully saturated rings. The van der Waals surface area contributed by atoms with Gasteiger partial charge in [-0.2, -0.15) is 0 Å². The van der Waals surface area contributed by atoms with E-state index in [-0.39, 0.29) is 6.61 Å². The highest BCUT2D eigenvalue weighted by molar-refractivity contribution is 5.64. The lowest BCUT2D eigenvalue weighted by atomic mass is 10.1. The summed E-state index contributed by atoms with van der Waals surface area (Å²) < 4.78 is 10.5. The molecule has 0 radical (unpaired) electrons. The summed E-state index contributed by atoms with van der Waals surface area (Å²) in [6.45, 7) is 0.234. The second-order valence-corrected chi connectivity index (χ2v) is 3.91. The fourth-order valence-corrected chi connectivity index (χ4v) is 1.74. The van der Waals surface area contributed by atoms with E-state index in [1.54, 1.807) is 14.2 Å². The van der Waals surface area contributed by atoms with E-state index in [0.29, 0.717) is 5.92 Å². The minimum atomic E-state index is 0.234. The highest BCUT2D eigenvalue weighted by atomic mass is 16.5. The average molecular weight is 220 g/mol. The Morgan fingerprint density at radius 2 is 2.19 bits per heavy atom. The topological polar surface area (TPSA) is 38.7 Å². The maximum absolute atomic E-state index is 8.98. The molecule has 1 saturated carbocycles. The molecule has 2 rings (SSSR count). The van der Waals surface area contributed by atoms with Crippen molar-refractivity contribution in [2.24, 2.45) is 5.92 Å². The van der Waals surface area contributed by atoms with Gasteiger partial charge in [0.25, 0.3) is 0 Å². The molecule has 86 valence electrons. The third-order valence-corrected chi connectivity index (χ3v) is 2.84. The third-order valence-electron chi connectivity index (χ3n) is 2.84. The zero-order valence-corrected chi connectivity index (χ0v) is 9.56. The van der Waals surface area contributed by atoms with Crippen molar-refractivity contribution in [2.75, 3.05) is 20.8 Å². The van der Waals surface area contributed by atoms with E-state index >= 15 is 0 Å². The van der Waals surface area contributed by atoms with Crippen LogP contribution in [-0.2, 0) is 0 Å². The summed E-state index contributed by atoms with van der Waals surface area (Å²) in [6, 6.07) is 5.71. The average Bonchev–Trinajstić information content (AvgIpc) is 3.07. The van der Waals surface area contributed by atoms with Gasteiger partial charge in [0.1, 0.15) is 11.5 Å². The van der Waals surface area contributed by atoms with Gasteiger partial charge in [0, 0.05) is 18.1 Å². The number of hydrogen-bond acceptors (Lipinski definition) is 3. The molecule has 0 aliphatic heterocycles. The van der Waals surface area contributed by atoms with E-state index in [0.717, 1.165) is 23.5 Å². The van der Waals surface area contributed by atoms with Crippen LogP contribution in [0, 0.1) is 5.92 Å². The molecule has 1 aliphatic rings. The first-order chi connectivity index (χ1) is 7.78. The van der Waals surface area contributed by atoms with Gasteiger partial charge in [0.05, 0.1) is 14.2 Å². The minimum absolute atomic E-state index is 0.234. The summed E-state index contributed by atoms with van der Waals surface area (Å²) in [4.78, 5) is 0. The standard InChI is InChI=1S/C13H16O3/c1-15-12-3-4-13(16-2)10(7-12)5-9-6-11(9)8-14/h3-5,7,11,14H,6,8H2,1-2H3/b9-5+. The van der Waals surface area contributed by atoms with E-state index in [4.69, 9.17) is 14.6 Å². The molecule has 0 aromatic heterocycles. The summed E-state index contributed by atoms with van der Waals surface area (Å²) in [5.41, 5.74) is 2.28. The summed E-state index contributed by atoms with van der Waals surface area (Å²) in [7, 11) is 3.30. The molecular formula is C13H16O3. The smallest absolute Gasteiger partial charge is 0.126 e. The number of ether oxygens (including phenoxy) is 2. The maximum atomic E-state index is 8.98. The van der Waals surface area contributed by atoms with E-state index in [1.165, 1.54) is 5.57 Å². The molecule has 0 heterocycles. The Labute approximate surface area is 95.3 Å². The van der Waals surface area contributed by atoms with Crippen LogP contribution >= 0.6 is 0 Å². The van der Waals surface area contributed by atoms with Crippen LogP contribution < -0.4 is 9.47 Å². The highest BCUT2D eigenvalue weighted by Gasteiger charge is 2.28. The fraction of sp³-hybridized carbons (Fsp3) is 0.385. The Balaban J connectivity index is 2.28. The van der Waals surface area contributed by atoms with Crippen LogP contribution in [0.5, 0.6) is 11.5 Å². The van der Waals surface area contributed by atoms with Crippen molar-refractivity contribution < 1.29 is 14.6 Å². The maximum Gasteiger partial charge on any atom is 0.126 e. The van der Waals surface area contributed by atoms with Crippen molar-refractivity contribution in [1.82, 2.24) is 0 Å². The van der Waals surface area contributed by atoms with E-state index in [2.05, 4.69) is 6.08 Å². The van der Waals surface area contributed by atoms with E-state index in [1.807, 2.05) is 18.2 Å². The van der Waals surface area contributed by atoms with Gasteiger partial charge in [-0.25, -0.2) is 0 Å². The van der Waals surface area contributed by atoms with Crippen molar-refractivity contribution >= 4 is 6.08 Å². The van der Waals surface area contributed by atoms with E-state index in [9.17, 15) is 0 Å². The number of methoxy groups -OCH3 is 2. The molecule has 3 heteroatoms. The lowest BCUT2D eigenvalue weighted by Gasteiger charge is -2.06. The second kappa shape index (κ2) is 4.58. The Morgan fingerprint density at radius 3 is 2.75 bits per heavy atom. The molecule has 1 unspecified atom stereocenters. The zero-order chi connectivity index (χ0) is 11.5.